The van der Waals surface area contributed by atoms with E-state index in [-0.39, 0.29) is 17.6 Å². The van der Waals surface area contributed by atoms with Gasteiger partial charge in [0.05, 0.1) is 5.75 Å². The van der Waals surface area contributed by atoms with E-state index in [4.69, 9.17) is 0 Å². The first kappa shape index (κ1) is 15.0. The average molecular weight is 296 g/mol. The van der Waals surface area contributed by atoms with Gasteiger partial charge in [-0.05, 0) is 18.1 Å². The molecule has 0 aliphatic carbocycles. The van der Waals surface area contributed by atoms with Crippen LogP contribution in [0.15, 0.2) is 24.3 Å². The summed E-state index contributed by atoms with van der Waals surface area (Å²) < 4.78 is 26.3. The molecule has 0 fully saturated rings. The third-order valence-corrected chi connectivity index (χ3v) is 4.90. The summed E-state index contributed by atoms with van der Waals surface area (Å²) in [6.07, 6.45) is 1.51. The molecule has 1 heterocycles. The van der Waals surface area contributed by atoms with Crippen LogP contribution >= 0.6 is 0 Å². The number of rotatable bonds is 6. The Morgan fingerprint density at radius 3 is 2.85 bits per heavy atom. The molecule has 1 amide bonds. The monoisotopic (exact) mass is 296 g/mol. The zero-order valence-electron chi connectivity index (χ0n) is 11.6. The predicted octanol–water partition coefficient (Wildman–Crippen LogP) is 1.23. The Labute approximate surface area is 119 Å². The van der Waals surface area contributed by atoms with Gasteiger partial charge in [-0.2, -0.15) is 0 Å². The molecule has 110 valence electrons. The quantitative estimate of drug-likeness (QED) is 0.829. The van der Waals surface area contributed by atoms with Crippen molar-refractivity contribution in [1.82, 2.24) is 10.0 Å². The summed E-state index contributed by atoms with van der Waals surface area (Å²) in [4.78, 5) is 11.7. The molecule has 1 aliphatic heterocycles. The minimum atomic E-state index is -3.22. The van der Waals surface area contributed by atoms with E-state index in [2.05, 4.69) is 10.0 Å². The van der Waals surface area contributed by atoms with Gasteiger partial charge in [0.2, 0.25) is 10.0 Å². The van der Waals surface area contributed by atoms with E-state index in [0.717, 1.165) is 12.0 Å². The van der Waals surface area contributed by atoms with E-state index in [9.17, 15) is 13.2 Å². The Morgan fingerprint density at radius 1 is 1.35 bits per heavy atom. The summed E-state index contributed by atoms with van der Waals surface area (Å²) in [6.45, 7) is 2.75. The Balaban J connectivity index is 2.05. The highest BCUT2D eigenvalue weighted by Crippen LogP contribution is 2.23. The molecule has 0 saturated heterocycles. The second kappa shape index (κ2) is 6.37. The van der Waals surface area contributed by atoms with Crippen molar-refractivity contribution >= 4 is 15.9 Å². The number of amides is 1. The molecule has 2 N–H and O–H groups in total. The second-order valence-electron chi connectivity index (χ2n) is 5.02. The summed E-state index contributed by atoms with van der Waals surface area (Å²) in [6, 6.07) is 7.34. The van der Waals surface area contributed by atoms with Crippen molar-refractivity contribution in [1.29, 1.82) is 0 Å². The van der Waals surface area contributed by atoms with Crippen LogP contribution in [0.25, 0.3) is 0 Å². The fourth-order valence-electron chi connectivity index (χ4n) is 2.30. The molecule has 0 saturated carbocycles. The Hall–Kier alpha value is -1.40. The third kappa shape index (κ3) is 3.58. The standard InChI is InChI=1S/C14H20N2O3S/c1-2-3-8-20(18,19)16-10-11-9-15-14(17)13-7-5-4-6-12(11)13/h4-7,11,16H,2-3,8-10H2,1H3,(H,15,17). The number of nitrogens with one attached hydrogen (secondary N) is 2. The molecule has 1 aromatic carbocycles. The van der Waals surface area contributed by atoms with Crippen LogP contribution in [0.5, 0.6) is 0 Å². The van der Waals surface area contributed by atoms with Crippen LogP contribution < -0.4 is 10.0 Å². The largest absolute Gasteiger partial charge is 0.351 e. The molecule has 1 aromatic rings. The molecule has 0 radical (unpaired) electrons. The SMILES string of the molecule is CCCCS(=O)(=O)NCC1CNC(=O)c2ccccc21. The number of unbranched alkanes of at least 4 members (excludes halogenated alkanes) is 1. The first-order valence-electron chi connectivity index (χ1n) is 6.88. The van der Waals surface area contributed by atoms with Crippen molar-refractivity contribution in [3.8, 4) is 0 Å². The van der Waals surface area contributed by atoms with Gasteiger partial charge in [-0.25, -0.2) is 13.1 Å². The molecule has 5 nitrogen and oxygen atoms in total. The number of carbonyl (C=O) groups excluding carboxylic acids is 1. The van der Waals surface area contributed by atoms with E-state index in [1.54, 1.807) is 6.07 Å². The van der Waals surface area contributed by atoms with Gasteiger partial charge in [0.25, 0.3) is 5.91 Å². The van der Waals surface area contributed by atoms with E-state index in [1.807, 2.05) is 25.1 Å². The highest BCUT2D eigenvalue weighted by Gasteiger charge is 2.25. The number of benzene rings is 1. The van der Waals surface area contributed by atoms with Gasteiger partial charge in [-0.3, -0.25) is 4.79 Å². The van der Waals surface area contributed by atoms with E-state index < -0.39 is 10.0 Å². The molecule has 1 aliphatic rings. The molecule has 20 heavy (non-hydrogen) atoms. The van der Waals surface area contributed by atoms with Gasteiger partial charge in [0.15, 0.2) is 0 Å². The summed E-state index contributed by atoms with van der Waals surface area (Å²) >= 11 is 0. The lowest BCUT2D eigenvalue weighted by atomic mass is 9.91. The summed E-state index contributed by atoms with van der Waals surface area (Å²) in [5, 5.41) is 2.79. The van der Waals surface area contributed by atoms with Crippen LogP contribution in [0.3, 0.4) is 0 Å². The van der Waals surface area contributed by atoms with Crippen LogP contribution in [-0.2, 0) is 10.0 Å². The molecule has 0 spiro atoms. The highest BCUT2D eigenvalue weighted by molar-refractivity contribution is 7.89. The normalized spacial score (nSPS) is 18.4. The van der Waals surface area contributed by atoms with Crippen LogP contribution in [0.2, 0.25) is 0 Å². The molecular weight excluding hydrogens is 276 g/mol. The van der Waals surface area contributed by atoms with Crippen LogP contribution in [0.1, 0.15) is 41.6 Å². The van der Waals surface area contributed by atoms with Gasteiger partial charge in [-0.1, -0.05) is 31.5 Å². The maximum atomic E-state index is 11.8. The molecule has 0 bridgehead atoms. The third-order valence-electron chi connectivity index (χ3n) is 3.47. The van der Waals surface area contributed by atoms with Crippen molar-refractivity contribution in [2.45, 2.75) is 25.7 Å². The van der Waals surface area contributed by atoms with E-state index >= 15 is 0 Å². The molecule has 1 unspecified atom stereocenters. The van der Waals surface area contributed by atoms with Crippen LogP contribution in [-0.4, -0.2) is 33.2 Å². The average Bonchev–Trinajstić information content (AvgIpc) is 2.45. The predicted molar refractivity (Wildman–Crippen MR) is 78.2 cm³/mol. The van der Waals surface area contributed by atoms with Gasteiger partial charge >= 0.3 is 0 Å². The van der Waals surface area contributed by atoms with Crippen molar-refractivity contribution in [2.75, 3.05) is 18.8 Å². The second-order valence-corrected chi connectivity index (χ2v) is 6.94. The van der Waals surface area contributed by atoms with Crippen LogP contribution in [0, 0.1) is 0 Å². The van der Waals surface area contributed by atoms with Crippen LogP contribution in [0.4, 0.5) is 0 Å². The first-order chi connectivity index (χ1) is 9.53. The summed E-state index contributed by atoms with van der Waals surface area (Å²) in [7, 11) is -3.22. The molecule has 2 rings (SSSR count). The van der Waals surface area contributed by atoms with Gasteiger partial charge in [-0.15, -0.1) is 0 Å². The number of fused-ring (bicyclic) bond motifs is 1. The minimum absolute atomic E-state index is 0.0136. The Kier molecular flexibility index (Phi) is 4.77. The fraction of sp³-hybridized carbons (Fsp3) is 0.500. The lowest BCUT2D eigenvalue weighted by Gasteiger charge is -2.25. The first-order valence-corrected chi connectivity index (χ1v) is 8.53. The zero-order valence-corrected chi connectivity index (χ0v) is 12.4. The number of carbonyl (C=O) groups is 1. The van der Waals surface area contributed by atoms with Crippen molar-refractivity contribution in [3.63, 3.8) is 0 Å². The van der Waals surface area contributed by atoms with E-state index in [1.165, 1.54) is 0 Å². The van der Waals surface area contributed by atoms with Crippen molar-refractivity contribution in [3.05, 3.63) is 35.4 Å². The fourth-order valence-corrected chi connectivity index (χ4v) is 3.57. The smallest absolute Gasteiger partial charge is 0.251 e. The topological polar surface area (TPSA) is 75.3 Å². The van der Waals surface area contributed by atoms with Gasteiger partial charge < -0.3 is 5.32 Å². The molecule has 0 aromatic heterocycles. The molecule has 1 atom stereocenters. The maximum absolute atomic E-state index is 11.8. The molecule has 6 heteroatoms. The van der Waals surface area contributed by atoms with Gasteiger partial charge in [0, 0.05) is 24.6 Å². The highest BCUT2D eigenvalue weighted by atomic mass is 32.2. The Bertz CT molecular complexity index is 584. The maximum Gasteiger partial charge on any atom is 0.251 e. The number of hydrogen-bond acceptors (Lipinski definition) is 3. The number of sulfonamides is 1. The minimum Gasteiger partial charge on any atom is -0.351 e. The number of hydrogen-bond donors (Lipinski definition) is 2. The van der Waals surface area contributed by atoms with Crippen molar-refractivity contribution in [2.24, 2.45) is 0 Å². The lowest BCUT2D eigenvalue weighted by molar-refractivity contribution is 0.0940. The van der Waals surface area contributed by atoms with E-state index in [0.29, 0.717) is 25.1 Å². The lowest BCUT2D eigenvalue weighted by Crippen LogP contribution is -2.40. The zero-order chi connectivity index (χ0) is 14.6. The summed E-state index contributed by atoms with van der Waals surface area (Å²) in [5.41, 5.74) is 1.55. The molecular formula is C14H20N2O3S. The van der Waals surface area contributed by atoms with Gasteiger partial charge in [0.1, 0.15) is 0 Å². The Morgan fingerprint density at radius 2 is 2.10 bits per heavy atom. The van der Waals surface area contributed by atoms with Crippen molar-refractivity contribution < 1.29 is 13.2 Å². The summed E-state index contributed by atoms with van der Waals surface area (Å²) in [5.74, 6) is 0.0514.